The lowest BCUT2D eigenvalue weighted by Crippen LogP contribution is -2.33. The third kappa shape index (κ3) is 3.40. The van der Waals surface area contributed by atoms with Gasteiger partial charge in [0.15, 0.2) is 0 Å². The summed E-state index contributed by atoms with van der Waals surface area (Å²) < 4.78 is 3.53. The Kier molecular flexibility index (Phi) is 4.89. The van der Waals surface area contributed by atoms with Crippen LogP contribution in [0.5, 0.6) is 0 Å². The SMILES string of the molecule is Cc1ccc2c(c1)nc(CN(C)C(=O)Cn1c3c(sc1=O)CCC(Cl)=C3)n2C. The Morgan fingerprint density at radius 2 is 2.14 bits per heavy atom. The van der Waals surface area contributed by atoms with Gasteiger partial charge in [0.1, 0.15) is 12.4 Å². The van der Waals surface area contributed by atoms with Crippen molar-refractivity contribution < 1.29 is 4.79 Å². The molecule has 28 heavy (non-hydrogen) atoms. The lowest BCUT2D eigenvalue weighted by Gasteiger charge is -2.18. The molecule has 146 valence electrons. The number of imidazole rings is 1. The van der Waals surface area contributed by atoms with Gasteiger partial charge in [-0.1, -0.05) is 29.0 Å². The van der Waals surface area contributed by atoms with Crippen molar-refractivity contribution in [3.05, 3.63) is 54.9 Å². The summed E-state index contributed by atoms with van der Waals surface area (Å²) in [5.74, 6) is 0.667. The Bertz CT molecular complexity index is 1170. The number of thiazole rings is 1. The van der Waals surface area contributed by atoms with E-state index in [9.17, 15) is 9.59 Å². The number of fused-ring (bicyclic) bond motifs is 2. The number of aromatic nitrogens is 3. The van der Waals surface area contributed by atoms with E-state index >= 15 is 0 Å². The van der Waals surface area contributed by atoms with Gasteiger partial charge in [0, 0.05) is 24.0 Å². The lowest BCUT2D eigenvalue weighted by atomic mass is 10.1. The Morgan fingerprint density at radius 3 is 2.93 bits per heavy atom. The fraction of sp³-hybridized carbons (Fsp3) is 0.350. The van der Waals surface area contributed by atoms with Crippen molar-refractivity contribution in [1.29, 1.82) is 0 Å². The minimum absolute atomic E-state index is 0.00485. The molecular formula is C20H21ClN4O2S. The summed E-state index contributed by atoms with van der Waals surface area (Å²) >= 11 is 7.34. The van der Waals surface area contributed by atoms with Crippen LogP contribution in [0.15, 0.2) is 28.0 Å². The van der Waals surface area contributed by atoms with E-state index in [4.69, 9.17) is 11.6 Å². The first kappa shape index (κ1) is 19.0. The van der Waals surface area contributed by atoms with Gasteiger partial charge < -0.3 is 9.47 Å². The second-order valence-corrected chi connectivity index (χ2v) is 8.71. The van der Waals surface area contributed by atoms with Gasteiger partial charge in [0.2, 0.25) is 5.91 Å². The molecule has 1 aromatic carbocycles. The van der Waals surface area contributed by atoms with Crippen LogP contribution in [-0.4, -0.2) is 32.0 Å². The van der Waals surface area contributed by atoms with Crippen molar-refractivity contribution in [2.75, 3.05) is 7.05 Å². The molecule has 1 aliphatic rings. The monoisotopic (exact) mass is 416 g/mol. The van der Waals surface area contributed by atoms with Crippen molar-refractivity contribution in [2.45, 2.75) is 32.9 Å². The third-order valence-corrected chi connectivity index (χ3v) is 6.47. The molecular weight excluding hydrogens is 396 g/mol. The van der Waals surface area contributed by atoms with Crippen LogP contribution in [0, 0.1) is 6.92 Å². The summed E-state index contributed by atoms with van der Waals surface area (Å²) in [5, 5.41) is 0.717. The summed E-state index contributed by atoms with van der Waals surface area (Å²) in [5.41, 5.74) is 3.87. The molecule has 1 aliphatic carbocycles. The third-order valence-electron chi connectivity index (χ3n) is 5.12. The highest BCUT2D eigenvalue weighted by molar-refractivity contribution is 7.09. The summed E-state index contributed by atoms with van der Waals surface area (Å²) in [6.45, 7) is 2.41. The fourth-order valence-corrected chi connectivity index (χ4v) is 4.62. The number of likely N-dealkylation sites (N-methyl/N-ethyl adjacent to an activating group) is 1. The highest BCUT2D eigenvalue weighted by Gasteiger charge is 2.21. The van der Waals surface area contributed by atoms with Gasteiger partial charge in [-0.3, -0.25) is 14.2 Å². The minimum atomic E-state index is -0.138. The van der Waals surface area contributed by atoms with Crippen LogP contribution >= 0.6 is 22.9 Å². The minimum Gasteiger partial charge on any atom is -0.337 e. The number of benzene rings is 1. The molecule has 8 heteroatoms. The Morgan fingerprint density at radius 1 is 1.36 bits per heavy atom. The van der Waals surface area contributed by atoms with Gasteiger partial charge in [0.05, 0.1) is 23.3 Å². The van der Waals surface area contributed by atoms with E-state index in [0.29, 0.717) is 6.54 Å². The molecule has 0 radical (unpaired) electrons. The number of allylic oxidation sites excluding steroid dienone is 1. The maximum absolute atomic E-state index is 12.8. The van der Waals surface area contributed by atoms with Crippen LogP contribution in [0.3, 0.4) is 0 Å². The van der Waals surface area contributed by atoms with Crippen molar-refractivity contribution in [2.24, 2.45) is 7.05 Å². The zero-order valence-corrected chi connectivity index (χ0v) is 17.6. The summed E-state index contributed by atoms with van der Waals surface area (Å²) in [6, 6.07) is 6.12. The molecule has 0 spiro atoms. The summed E-state index contributed by atoms with van der Waals surface area (Å²) in [6.07, 6.45) is 3.30. The van der Waals surface area contributed by atoms with E-state index < -0.39 is 0 Å². The normalized spacial score (nSPS) is 13.5. The number of hydrogen-bond acceptors (Lipinski definition) is 4. The first-order chi connectivity index (χ1) is 13.3. The van der Waals surface area contributed by atoms with Gasteiger partial charge in [-0.2, -0.15) is 0 Å². The lowest BCUT2D eigenvalue weighted by molar-refractivity contribution is -0.131. The number of hydrogen-bond donors (Lipinski definition) is 0. The first-order valence-electron chi connectivity index (χ1n) is 9.08. The van der Waals surface area contributed by atoms with Crippen molar-refractivity contribution in [1.82, 2.24) is 19.0 Å². The van der Waals surface area contributed by atoms with Crippen LogP contribution in [-0.2, 0) is 31.4 Å². The second kappa shape index (κ2) is 7.22. The molecule has 0 bridgehead atoms. The molecule has 4 rings (SSSR count). The first-order valence-corrected chi connectivity index (χ1v) is 10.3. The Balaban J connectivity index is 1.55. The number of halogens is 1. The molecule has 3 aromatic rings. The van der Waals surface area contributed by atoms with Crippen LogP contribution in [0.1, 0.15) is 28.4 Å². The van der Waals surface area contributed by atoms with Crippen LogP contribution in [0.4, 0.5) is 0 Å². The average molecular weight is 417 g/mol. The molecule has 0 N–H and O–H groups in total. The molecule has 6 nitrogen and oxygen atoms in total. The molecule has 0 saturated carbocycles. The average Bonchev–Trinajstić information content (AvgIpc) is 3.11. The molecule has 2 heterocycles. The van der Waals surface area contributed by atoms with Gasteiger partial charge in [0.25, 0.3) is 0 Å². The molecule has 0 aliphatic heterocycles. The molecule has 0 atom stereocenters. The predicted octanol–water partition coefficient (Wildman–Crippen LogP) is 3.29. The number of amides is 1. The highest BCUT2D eigenvalue weighted by Crippen LogP contribution is 2.28. The standard InChI is InChI=1S/C20H21ClN4O2S/c1-12-4-6-15-14(8-12)22-18(24(15)3)10-23(2)19(26)11-25-16-9-13(21)5-7-17(16)28-20(25)27/h4,6,8-9H,5,7,10-11H2,1-3H3. The molecule has 2 aromatic heterocycles. The molecule has 0 fully saturated rings. The zero-order chi connectivity index (χ0) is 20.0. The second-order valence-electron chi connectivity index (χ2n) is 7.18. The number of rotatable bonds is 4. The Labute approximate surface area is 171 Å². The van der Waals surface area contributed by atoms with E-state index in [0.717, 1.165) is 50.9 Å². The van der Waals surface area contributed by atoms with E-state index in [1.54, 1.807) is 18.0 Å². The highest BCUT2D eigenvalue weighted by atomic mass is 35.5. The maximum Gasteiger partial charge on any atom is 0.308 e. The predicted molar refractivity (Wildman–Crippen MR) is 113 cm³/mol. The molecule has 0 unspecified atom stereocenters. The Hall–Kier alpha value is -2.38. The van der Waals surface area contributed by atoms with Crippen LogP contribution < -0.4 is 4.87 Å². The molecule has 1 amide bonds. The quantitative estimate of drug-likeness (QED) is 0.655. The van der Waals surface area contributed by atoms with E-state index in [2.05, 4.69) is 4.98 Å². The topological polar surface area (TPSA) is 60.1 Å². The van der Waals surface area contributed by atoms with Crippen molar-refractivity contribution in [3.63, 3.8) is 0 Å². The van der Waals surface area contributed by atoms with Gasteiger partial charge in [-0.15, -0.1) is 0 Å². The number of carbonyl (C=O) groups is 1. The van der Waals surface area contributed by atoms with E-state index in [1.807, 2.05) is 36.7 Å². The maximum atomic E-state index is 12.8. The van der Waals surface area contributed by atoms with E-state index in [1.165, 1.54) is 15.9 Å². The van der Waals surface area contributed by atoms with E-state index in [-0.39, 0.29) is 17.3 Å². The smallest absolute Gasteiger partial charge is 0.308 e. The fourth-order valence-electron chi connectivity index (χ4n) is 3.46. The zero-order valence-electron chi connectivity index (χ0n) is 16.0. The number of nitrogens with zero attached hydrogens (tertiary/aromatic N) is 4. The largest absolute Gasteiger partial charge is 0.337 e. The number of carbonyl (C=O) groups excluding carboxylic acids is 1. The van der Waals surface area contributed by atoms with Gasteiger partial charge in [-0.25, -0.2) is 4.98 Å². The molecule has 0 saturated heterocycles. The van der Waals surface area contributed by atoms with Crippen molar-refractivity contribution >= 4 is 46.0 Å². The van der Waals surface area contributed by atoms with Crippen LogP contribution in [0.25, 0.3) is 17.1 Å². The van der Waals surface area contributed by atoms with Gasteiger partial charge in [-0.05, 0) is 43.5 Å². The summed E-state index contributed by atoms with van der Waals surface area (Å²) in [4.78, 5) is 32.3. The van der Waals surface area contributed by atoms with Crippen molar-refractivity contribution in [3.8, 4) is 0 Å². The van der Waals surface area contributed by atoms with Crippen LogP contribution in [0.2, 0.25) is 0 Å². The van der Waals surface area contributed by atoms with Gasteiger partial charge >= 0.3 is 4.87 Å². The summed E-state index contributed by atoms with van der Waals surface area (Å²) in [7, 11) is 3.68. The number of aryl methyl sites for hydroxylation is 3.